The molecule has 0 radical (unpaired) electrons. The van der Waals surface area contributed by atoms with Gasteiger partial charge in [-0.1, -0.05) is 25.0 Å². The Morgan fingerprint density at radius 2 is 2.16 bits per heavy atom. The summed E-state index contributed by atoms with van der Waals surface area (Å²) in [7, 11) is 0. The molecule has 2 amide bonds. The molecule has 1 aromatic carbocycles. The van der Waals surface area contributed by atoms with E-state index in [-0.39, 0.29) is 23.4 Å². The van der Waals surface area contributed by atoms with Crippen LogP contribution in [0.3, 0.4) is 0 Å². The predicted molar refractivity (Wildman–Crippen MR) is 93.5 cm³/mol. The van der Waals surface area contributed by atoms with Gasteiger partial charge in [0.15, 0.2) is 0 Å². The van der Waals surface area contributed by atoms with Crippen LogP contribution in [0.5, 0.6) is 0 Å². The van der Waals surface area contributed by atoms with Crippen LogP contribution in [0.15, 0.2) is 24.3 Å². The van der Waals surface area contributed by atoms with Crippen LogP contribution in [0.4, 0.5) is 10.5 Å². The first-order valence-corrected chi connectivity index (χ1v) is 8.98. The second kappa shape index (κ2) is 7.82. The van der Waals surface area contributed by atoms with Crippen LogP contribution in [0, 0.1) is 10.1 Å². The van der Waals surface area contributed by atoms with Crippen molar-refractivity contribution in [3.05, 3.63) is 39.9 Å². The van der Waals surface area contributed by atoms with E-state index in [9.17, 15) is 14.9 Å². The van der Waals surface area contributed by atoms with Crippen LogP contribution in [-0.4, -0.2) is 35.7 Å². The first-order valence-electron chi connectivity index (χ1n) is 8.98. The minimum atomic E-state index is -0.409. The van der Waals surface area contributed by atoms with Crippen molar-refractivity contribution in [2.24, 2.45) is 0 Å². The van der Waals surface area contributed by atoms with E-state index in [1.165, 1.54) is 18.9 Å². The Labute approximate surface area is 147 Å². The standard InChI is InChI=1S/C18H25N3O4/c22-17(19-10-6-14-4-3-5-16(12-14)21(23)24)20-15-7-11-25-18(13-15)8-1-2-9-18/h3-5,12,15H,1-2,6-11,13H2,(H2,19,20,22). The van der Waals surface area contributed by atoms with Gasteiger partial charge in [0.2, 0.25) is 0 Å². The highest BCUT2D eigenvalue weighted by Crippen LogP contribution is 2.39. The van der Waals surface area contributed by atoms with Gasteiger partial charge in [-0.05, 0) is 37.7 Å². The first kappa shape index (κ1) is 17.7. The fraction of sp³-hybridized carbons (Fsp3) is 0.611. The molecule has 0 aromatic heterocycles. The molecule has 1 aliphatic heterocycles. The van der Waals surface area contributed by atoms with Crippen molar-refractivity contribution in [1.82, 2.24) is 10.6 Å². The second-order valence-corrected chi connectivity index (χ2v) is 7.01. The molecule has 1 aromatic rings. The maximum absolute atomic E-state index is 12.1. The zero-order chi connectivity index (χ0) is 17.7. The molecule has 25 heavy (non-hydrogen) atoms. The molecule has 136 valence electrons. The number of rotatable bonds is 5. The molecule has 2 fully saturated rings. The van der Waals surface area contributed by atoms with Crippen molar-refractivity contribution in [1.29, 1.82) is 0 Å². The summed E-state index contributed by atoms with van der Waals surface area (Å²) in [6.07, 6.45) is 6.92. The number of ether oxygens (including phenoxy) is 1. The summed E-state index contributed by atoms with van der Waals surface area (Å²) in [4.78, 5) is 22.5. The van der Waals surface area contributed by atoms with Gasteiger partial charge in [0.25, 0.3) is 5.69 Å². The van der Waals surface area contributed by atoms with E-state index in [4.69, 9.17) is 4.74 Å². The minimum absolute atomic E-state index is 0.0147. The molecule has 1 aliphatic carbocycles. The lowest BCUT2D eigenvalue weighted by atomic mass is 9.89. The lowest BCUT2D eigenvalue weighted by molar-refractivity contribution is -0.384. The third-order valence-electron chi connectivity index (χ3n) is 5.16. The van der Waals surface area contributed by atoms with Gasteiger partial charge in [0.1, 0.15) is 0 Å². The molecule has 0 bridgehead atoms. The predicted octanol–water partition coefficient (Wildman–Crippen LogP) is 2.93. The maximum atomic E-state index is 12.1. The number of nitrogens with one attached hydrogen (secondary N) is 2. The van der Waals surface area contributed by atoms with Crippen LogP contribution >= 0.6 is 0 Å². The minimum Gasteiger partial charge on any atom is -0.375 e. The van der Waals surface area contributed by atoms with Crippen LogP contribution in [0.25, 0.3) is 0 Å². The molecular formula is C18H25N3O4. The SMILES string of the molecule is O=C(NCCc1cccc([N+](=O)[O-])c1)NC1CCOC2(CCCC2)C1. The van der Waals surface area contributed by atoms with Crippen LogP contribution in [-0.2, 0) is 11.2 Å². The van der Waals surface area contributed by atoms with E-state index in [0.29, 0.717) is 19.6 Å². The summed E-state index contributed by atoms with van der Waals surface area (Å²) in [5, 5.41) is 16.7. The molecular weight excluding hydrogens is 322 g/mol. The lowest BCUT2D eigenvalue weighted by Crippen LogP contribution is -2.50. The number of urea groups is 1. The maximum Gasteiger partial charge on any atom is 0.315 e. The number of carbonyl (C=O) groups excluding carboxylic acids is 1. The number of carbonyl (C=O) groups is 1. The van der Waals surface area contributed by atoms with E-state index in [1.807, 2.05) is 6.07 Å². The molecule has 1 unspecified atom stereocenters. The number of amides is 2. The second-order valence-electron chi connectivity index (χ2n) is 7.01. The van der Waals surface area contributed by atoms with E-state index in [2.05, 4.69) is 10.6 Å². The molecule has 3 rings (SSSR count). The van der Waals surface area contributed by atoms with Gasteiger partial charge in [0.05, 0.1) is 10.5 Å². The Morgan fingerprint density at radius 1 is 1.36 bits per heavy atom. The topological polar surface area (TPSA) is 93.5 Å². The number of nitro benzene ring substituents is 1. The molecule has 2 aliphatic rings. The van der Waals surface area contributed by atoms with Crippen LogP contribution in [0.2, 0.25) is 0 Å². The number of non-ortho nitro benzene ring substituents is 1. The summed E-state index contributed by atoms with van der Waals surface area (Å²) in [5.74, 6) is 0. The number of benzene rings is 1. The van der Waals surface area contributed by atoms with Gasteiger partial charge >= 0.3 is 6.03 Å². The molecule has 1 spiro atoms. The fourth-order valence-corrected chi connectivity index (χ4v) is 3.90. The molecule has 2 N–H and O–H groups in total. The van der Waals surface area contributed by atoms with Crippen molar-refractivity contribution in [3.63, 3.8) is 0 Å². The van der Waals surface area contributed by atoms with Crippen LogP contribution in [0.1, 0.15) is 44.1 Å². The molecule has 7 nitrogen and oxygen atoms in total. The van der Waals surface area contributed by atoms with E-state index < -0.39 is 4.92 Å². The first-order chi connectivity index (χ1) is 12.1. The Kier molecular flexibility index (Phi) is 5.53. The number of hydrogen-bond donors (Lipinski definition) is 2. The highest BCUT2D eigenvalue weighted by Gasteiger charge is 2.40. The number of hydrogen-bond acceptors (Lipinski definition) is 4. The number of nitrogens with zero attached hydrogens (tertiary/aromatic N) is 1. The Balaban J connectivity index is 1.42. The average Bonchev–Trinajstić information content (AvgIpc) is 3.02. The number of nitro groups is 1. The quantitative estimate of drug-likeness (QED) is 0.632. The van der Waals surface area contributed by atoms with Gasteiger partial charge < -0.3 is 15.4 Å². The highest BCUT2D eigenvalue weighted by molar-refractivity contribution is 5.74. The Hall–Kier alpha value is -2.15. The highest BCUT2D eigenvalue weighted by atomic mass is 16.6. The molecule has 1 saturated heterocycles. The fourth-order valence-electron chi connectivity index (χ4n) is 3.90. The smallest absolute Gasteiger partial charge is 0.315 e. The van der Waals surface area contributed by atoms with Gasteiger partial charge in [-0.2, -0.15) is 0 Å². The normalized spacial score (nSPS) is 21.8. The monoisotopic (exact) mass is 347 g/mol. The molecule has 1 heterocycles. The van der Waals surface area contributed by atoms with Gasteiger partial charge in [-0.15, -0.1) is 0 Å². The van der Waals surface area contributed by atoms with Gasteiger partial charge in [-0.3, -0.25) is 10.1 Å². The van der Waals surface area contributed by atoms with Crippen molar-refractivity contribution >= 4 is 11.7 Å². The van der Waals surface area contributed by atoms with Crippen molar-refractivity contribution in [3.8, 4) is 0 Å². The van der Waals surface area contributed by atoms with Crippen molar-refractivity contribution in [2.45, 2.75) is 56.6 Å². The third-order valence-corrected chi connectivity index (χ3v) is 5.16. The van der Waals surface area contributed by atoms with Crippen LogP contribution < -0.4 is 10.6 Å². The summed E-state index contributed by atoms with van der Waals surface area (Å²) in [6.45, 7) is 1.15. The summed E-state index contributed by atoms with van der Waals surface area (Å²) in [5.41, 5.74) is 0.899. The third kappa shape index (κ3) is 4.69. The zero-order valence-electron chi connectivity index (χ0n) is 14.3. The molecule has 1 saturated carbocycles. The van der Waals surface area contributed by atoms with Gasteiger partial charge in [0, 0.05) is 31.3 Å². The Morgan fingerprint density at radius 3 is 2.92 bits per heavy atom. The van der Waals surface area contributed by atoms with Gasteiger partial charge in [-0.25, -0.2) is 4.79 Å². The summed E-state index contributed by atoms with van der Waals surface area (Å²) in [6, 6.07) is 6.48. The van der Waals surface area contributed by atoms with E-state index >= 15 is 0 Å². The lowest BCUT2D eigenvalue weighted by Gasteiger charge is -2.38. The molecule has 7 heteroatoms. The molecule has 1 atom stereocenters. The van der Waals surface area contributed by atoms with E-state index in [0.717, 1.165) is 31.2 Å². The summed E-state index contributed by atoms with van der Waals surface area (Å²) < 4.78 is 5.98. The zero-order valence-corrected chi connectivity index (χ0v) is 14.3. The average molecular weight is 347 g/mol. The summed E-state index contributed by atoms with van der Waals surface area (Å²) >= 11 is 0. The van der Waals surface area contributed by atoms with E-state index in [1.54, 1.807) is 12.1 Å². The Bertz CT molecular complexity index is 629. The van der Waals surface area contributed by atoms with Crippen molar-refractivity contribution < 1.29 is 14.5 Å². The van der Waals surface area contributed by atoms with Crippen molar-refractivity contribution in [2.75, 3.05) is 13.2 Å². The largest absolute Gasteiger partial charge is 0.375 e.